The van der Waals surface area contributed by atoms with E-state index in [-0.39, 0.29) is 0 Å². The third kappa shape index (κ3) is 3.50. The number of likely N-dealkylation sites (N-methyl/N-ethyl adjacent to an activating group) is 1. The summed E-state index contributed by atoms with van der Waals surface area (Å²) in [6, 6.07) is 3.48. The minimum Gasteiger partial charge on any atom is -0.309 e. The highest BCUT2D eigenvalue weighted by molar-refractivity contribution is 8.01. The molecule has 2 rings (SSSR count). The average Bonchev–Trinajstić information content (AvgIpc) is 2.76. The minimum absolute atomic E-state index is 0.558. The highest BCUT2D eigenvalue weighted by atomic mass is 32.2. The van der Waals surface area contributed by atoms with E-state index in [2.05, 4.69) is 49.5 Å². The highest BCUT2D eigenvalue weighted by Gasteiger charge is 2.25. The van der Waals surface area contributed by atoms with Crippen LogP contribution in [0.1, 0.15) is 38.8 Å². The Morgan fingerprint density at radius 3 is 3.00 bits per heavy atom. The van der Waals surface area contributed by atoms with Gasteiger partial charge in [0.25, 0.3) is 0 Å². The van der Waals surface area contributed by atoms with Crippen molar-refractivity contribution in [1.82, 2.24) is 10.2 Å². The zero-order valence-electron chi connectivity index (χ0n) is 11.8. The Bertz CT molecular complexity index is 376. The van der Waals surface area contributed by atoms with Crippen molar-refractivity contribution in [1.29, 1.82) is 0 Å². The smallest absolute Gasteiger partial charge is 0.0649 e. The van der Waals surface area contributed by atoms with E-state index in [1.165, 1.54) is 16.2 Å². The van der Waals surface area contributed by atoms with Crippen molar-refractivity contribution in [2.45, 2.75) is 48.7 Å². The van der Waals surface area contributed by atoms with Crippen molar-refractivity contribution in [3.05, 3.63) is 17.0 Å². The van der Waals surface area contributed by atoms with Crippen LogP contribution in [0.2, 0.25) is 0 Å². The van der Waals surface area contributed by atoms with Crippen LogP contribution in [-0.4, -0.2) is 36.3 Å². The Morgan fingerprint density at radius 2 is 2.28 bits per heavy atom. The zero-order valence-corrected chi connectivity index (χ0v) is 13.4. The molecule has 0 bridgehead atoms. The van der Waals surface area contributed by atoms with Crippen LogP contribution >= 0.6 is 23.1 Å². The maximum absolute atomic E-state index is 3.73. The standard InChI is InChI=1S/C14H24N2S2/c1-10(2)16(4)7-6-15-13-9-11(3)18-14-12(13)5-8-17-14/h5,8,10-11,13,15H,6-7,9H2,1-4H3/t11-,13?/m0/s1. The van der Waals surface area contributed by atoms with E-state index in [0.717, 1.165) is 18.3 Å². The molecule has 0 amide bonds. The Balaban J connectivity index is 1.87. The number of fused-ring (bicyclic) bond motifs is 1. The van der Waals surface area contributed by atoms with Crippen LogP contribution in [0.15, 0.2) is 15.7 Å². The molecule has 0 saturated heterocycles. The summed E-state index contributed by atoms with van der Waals surface area (Å²) in [5.41, 5.74) is 1.52. The first-order valence-corrected chi connectivity index (χ1v) is 8.51. The largest absolute Gasteiger partial charge is 0.309 e. The zero-order chi connectivity index (χ0) is 13.1. The van der Waals surface area contributed by atoms with Gasteiger partial charge in [-0.05, 0) is 44.3 Å². The van der Waals surface area contributed by atoms with Crippen molar-refractivity contribution in [2.24, 2.45) is 0 Å². The maximum Gasteiger partial charge on any atom is 0.0649 e. The number of nitrogens with zero attached hydrogens (tertiary/aromatic N) is 1. The van der Waals surface area contributed by atoms with E-state index >= 15 is 0 Å². The fourth-order valence-corrected chi connectivity index (χ4v) is 4.78. The van der Waals surface area contributed by atoms with Crippen LogP contribution in [-0.2, 0) is 0 Å². The monoisotopic (exact) mass is 284 g/mol. The van der Waals surface area contributed by atoms with Crippen LogP contribution in [0.5, 0.6) is 0 Å². The van der Waals surface area contributed by atoms with E-state index in [1.807, 2.05) is 23.1 Å². The highest BCUT2D eigenvalue weighted by Crippen LogP contribution is 2.43. The van der Waals surface area contributed by atoms with Gasteiger partial charge in [0.2, 0.25) is 0 Å². The van der Waals surface area contributed by atoms with Gasteiger partial charge in [-0.25, -0.2) is 0 Å². The predicted molar refractivity (Wildman–Crippen MR) is 82.8 cm³/mol. The van der Waals surface area contributed by atoms with Crippen LogP contribution < -0.4 is 5.32 Å². The second-order valence-electron chi connectivity index (χ2n) is 5.41. The number of thioether (sulfide) groups is 1. The quantitative estimate of drug-likeness (QED) is 0.889. The molecule has 1 unspecified atom stereocenters. The van der Waals surface area contributed by atoms with E-state index in [1.54, 1.807) is 0 Å². The molecule has 1 aromatic rings. The molecular formula is C14H24N2S2. The lowest BCUT2D eigenvalue weighted by Crippen LogP contribution is -2.36. The molecular weight excluding hydrogens is 260 g/mol. The van der Waals surface area contributed by atoms with Gasteiger partial charge in [-0.15, -0.1) is 23.1 Å². The first-order chi connectivity index (χ1) is 8.58. The number of nitrogens with one attached hydrogen (secondary N) is 1. The molecule has 0 aliphatic carbocycles. The molecule has 0 fully saturated rings. The molecule has 1 aliphatic heterocycles. The molecule has 102 valence electrons. The summed E-state index contributed by atoms with van der Waals surface area (Å²) in [5, 5.41) is 6.69. The molecule has 0 spiro atoms. The normalized spacial score (nSPS) is 23.7. The summed E-state index contributed by atoms with van der Waals surface area (Å²) in [7, 11) is 2.20. The van der Waals surface area contributed by atoms with Crippen molar-refractivity contribution in [2.75, 3.05) is 20.1 Å². The molecule has 2 atom stereocenters. The topological polar surface area (TPSA) is 15.3 Å². The fraction of sp³-hybridized carbons (Fsp3) is 0.714. The van der Waals surface area contributed by atoms with Gasteiger partial charge >= 0.3 is 0 Å². The van der Waals surface area contributed by atoms with Crippen LogP contribution in [0.4, 0.5) is 0 Å². The summed E-state index contributed by atoms with van der Waals surface area (Å²) < 4.78 is 1.52. The Hall–Kier alpha value is -0.0300. The molecule has 0 radical (unpaired) electrons. The van der Waals surface area contributed by atoms with E-state index in [4.69, 9.17) is 0 Å². The van der Waals surface area contributed by atoms with Crippen LogP contribution in [0.25, 0.3) is 0 Å². The lowest BCUT2D eigenvalue weighted by atomic mass is 10.0. The number of rotatable bonds is 5. The molecule has 4 heteroatoms. The van der Waals surface area contributed by atoms with Crippen LogP contribution in [0, 0.1) is 0 Å². The first-order valence-electron chi connectivity index (χ1n) is 6.75. The maximum atomic E-state index is 3.73. The summed E-state index contributed by atoms with van der Waals surface area (Å²) >= 11 is 3.93. The minimum atomic E-state index is 0.558. The van der Waals surface area contributed by atoms with Gasteiger partial charge < -0.3 is 10.2 Å². The summed E-state index contributed by atoms with van der Waals surface area (Å²) in [5.74, 6) is 0. The van der Waals surface area contributed by atoms with Gasteiger partial charge in [-0.2, -0.15) is 0 Å². The SMILES string of the molecule is CC(C)N(C)CCNC1C[C@H](C)Sc2sccc21. The van der Waals surface area contributed by atoms with Crippen molar-refractivity contribution in [3.63, 3.8) is 0 Å². The van der Waals surface area contributed by atoms with Gasteiger partial charge in [0.1, 0.15) is 0 Å². The molecule has 0 aromatic carbocycles. The molecule has 18 heavy (non-hydrogen) atoms. The molecule has 1 aliphatic rings. The fourth-order valence-electron chi connectivity index (χ4n) is 2.22. The summed E-state index contributed by atoms with van der Waals surface area (Å²) in [6.45, 7) is 9.02. The van der Waals surface area contributed by atoms with Gasteiger partial charge in [0.05, 0.1) is 4.21 Å². The molecule has 2 nitrogen and oxygen atoms in total. The number of thiophene rings is 1. The average molecular weight is 284 g/mol. The molecule has 1 N–H and O–H groups in total. The van der Waals surface area contributed by atoms with Gasteiger partial charge in [0.15, 0.2) is 0 Å². The lowest BCUT2D eigenvalue weighted by molar-refractivity contribution is 0.267. The second-order valence-corrected chi connectivity index (χ2v) is 8.03. The third-order valence-electron chi connectivity index (χ3n) is 3.65. The molecule has 2 heterocycles. The van der Waals surface area contributed by atoms with E-state index < -0.39 is 0 Å². The number of hydrogen-bond donors (Lipinski definition) is 1. The summed E-state index contributed by atoms with van der Waals surface area (Å²) in [6.07, 6.45) is 1.25. The van der Waals surface area contributed by atoms with Crippen molar-refractivity contribution >= 4 is 23.1 Å². The van der Waals surface area contributed by atoms with E-state index in [9.17, 15) is 0 Å². The van der Waals surface area contributed by atoms with Gasteiger partial charge in [-0.1, -0.05) is 6.92 Å². The number of hydrogen-bond acceptors (Lipinski definition) is 4. The van der Waals surface area contributed by atoms with Gasteiger partial charge in [-0.3, -0.25) is 0 Å². The van der Waals surface area contributed by atoms with E-state index in [0.29, 0.717) is 12.1 Å². The first kappa shape index (κ1) is 14.4. The third-order valence-corrected chi connectivity index (χ3v) is 5.99. The second kappa shape index (κ2) is 6.42. The molecule has 1 aromatic heterocycles. The molecule has 0 saturated carbocycles. The van der Waals surface area contributed by atoms with Crippen LogP contribution in [0.3, 0.4) is 0 Å². The lowest BCUT2D eigenvalue weighted by Gasteiger charge is -2.29. The predicted octanol–water partition coefficient (Wildman–Crippen LogP) is 3.60. The summed E-state index contributed by atoms with van der Waals surface area (Å²) in [4.78, 5) is 2.39. The Kier molecular flexibility index (Phi) is 5.13. The van der Waals surface area contributed by atoms with Crippen molar-refractivity contribution < 1.29 is 0 Å². The van der Waals surface area contributed by atoms with Crippen molar-refractivity contribution in [3.8, 4) is 0 Å². The van der Waals surface area contributed by atoms with Gasteiger partial charge in [0, 0.05) is 30.4 Å². The Labute approximate surface area is 119 Å². The Morgan fingerprint density at radius 1 is 1.50 bits per heavy atom.